The number of rotatable bonds is 18. The van der Waals surface area contributed by atoms with Gasteiger partial charge < -0.3 is 29.9 Å². The smallest absolute Gasteiger partial charge is 0.306 e. The predicted molar refractivity (Wildman–Crippen MR) is 264 cm³/mol. The lowest BCUT2D eigenvalue weighted by Crippen LogP contribution is -2.39. The summed E-state index contributed by atoms with van der Waals surface area (Å²) in [5, 5.41) is 7.87. The summed E-state index contributed by atoms with van der Waals surface area (Å²) in [7, 11) is 2.87. The Morgan fingerprint density at radius 3 is 1.48 bits per heavy atom. The molecule has 2 aromatic heterocycles. The molecule has 0 spiro atoms. The first kappa shape index (κ1) is 50.4. The van der Waals surface area contributed by atoms with E-state index in [1.807, 2.05) is 13.0 Å². The molecule has 2 aliphatic carbocycles. The number of pyridine rings is 1. The van der Waals surface area contributed by atoms with Crippen LogP contribution in [0.15, 0.2) is 67.1 Å². The summed E-state index contributed by atoms with van der Waals surface area (Å²) in [4.78, 5) is 41.6. The third-order valence-electron chi connectivity index (χ3n) is 12.2. The Bertz CT molecular complexity index is 1910. The lowest BCUT2D eigenvalue weighted by atomic mass is 9.92. The van der Waals surface area contributed by atoms with Gasteiger partial charge in [-0.15, -0.1) is 0 Å². The Balaban J connectivity index is 0.000000241. The largest absolute Gasteiger partial charge is 0.469 e. The zero-order chi connectivity index (χ0) is 46.2. The second-order valence-electron chi connectivity index (χ2n) is 18.4. The van der Waals surface area contributed by atoms with Crippen molar-refractivity contribution in [3.05, 3.63) is 88.6 Å². The normalized spacial score (nSPS) is 15.4. The van der Waals surface area contributed by atoms with Gasteiger partial charge in [0.1, 0.15) is 16.1 Å². The van der Waals surface area contributed by atoms with Crippen LogP contribution in [0, 0.1) is 11.8 Å². The number of nitrogens with one attached hydrogen (secondary N) is 2. The van der Waals surface area contributed by atoms with Gasteiger partial charge in [0, 0.05) is 25.2 Å². The monoisotopic (exact) mass is 915 g/mol. The highest BCUT2D eigenvalue weighted by molar-refractivity contribution is 6.29. The van der Waals surface area contributed by atoms with Crippen LogP contribution in [0.4, 0.5) is 34.3 Å². The van der Waals surface area contributed by atoms with E-state index in [0.29, 0.717) is 52.9 Å². The maximum Gasteiger partial charge on any atom is 0.306 e. The van der Waals surface area contributed by atoms with Crippen molar-refractivity contribution in [2.45, 2.75) is 143 Å². The van der Waals surface area contributed by atoms with E-state index in [9.17, 15) is 9.59 Å². The van der Waals surface area contributed by atoms with E-state index in [2.05, 4.69) is 106 Å². The summed E-state index contributed by atoms with van der Waals surface area (Å²) in [6.07, 6.45) is 18.3. The molecule has 0 bridgehead atoms. The van der Waals surface area contributed by atoms with Gasteiger partial charge in [-0.2, -0.15) is 0 Å². The van der Waals surface area contributed by atoms with Crippen molar-refractivity contribution in [1.82, 2.24) is 15.0 Å². The van der Waals surface area contributed by atoms with Gasteiger partial charge >= 0.3 is 11.9 Å². The number of halogens is 2. The summed E-state index contributed by atoms with van der Waals surface area (Å²) < 4.78 is 9.75. The number of ether oxygens (including phenoxy) is 2. The Morgan fingerprint density at radius 1 is 0.609 bits per heavy atom. The topological polar surface area (TPSA) is 122 Å². The van der Waals surface area contributed by atoms with Crippen LogP contribution in [0.2, 0.25) is 10.3 Å². The van der Waals surface area contributed by atoms with Crippen LogP contribution in [0.3, 0.4) is 0 Å². The summed E-state index contributed by atoms with van der Waals surface area (Å²) in [6.45, 7) is 15.2. The quantitative estimate of drug-likeness (QED) is 0.0733. The molecule has 2 aliphatic rings. The average Bonchev–Trinajstić information content (AvgIpc) is 3.29. The number of carbonyl (C=O) groups is 2. The standard InChI is InChI=1S/C26H36ClN3O2.C25H35ClN4O2/c1-18(2)17-30(22-8-6-5-7-9-22)24-12-10-20(19(3)14-26(31)32-4)15-23(24)29-21-11-13-25(27)28-16-21;1-17(2)16-30(20-8-6-5-7-9-20)22-11-10-19(18(3)12-25(31)32-4)13-21(22)29-24-15-27-23(26)14-28-24/h10-13,15-16,18-19,22,29H,5-9,14,17H2,1-4H3;10-11,13-15,17-18,20H,5-9,12,16H2,1-4H3,(H,28,29). The lowest BCUT2D eigenvalue weighted by molar-refractivity contribution is -0.141. The van der Waals surface area contributed by atoms with E-state index in [4.69, 9.17) is 32.7 Å². The molecule has 2 aromatic carbocycles. The molecule has 64 heavy (non-hydrogen) atoms. The zero-order valence-electron chi connectivity index (χ0n) is 39.3. The molecule has 348 valence electrons. The van der Waals surface area contributed by atoms with Gasteiger partial charge in [0.05, 0.1) is 74.1 Å². The number of carbonyl (C=O) groups excluding carboxylic acids is 2. The number of benzene rings is 2. The highest BCUT2D eigenvalue weighted by atomic mass is 35.5. The first-order valence-corrected chi connectivity index (χ1v) is 24.1. The molecule has 2 atom stereocenters. The Morgan fingerprint density at radius 2 is 1.08 bits per heavy atom. The Labute approximate surface area is 392 Å². The molecule has 0 amide bonds. The summed E-state index contributed by atoms with van der Waals surface area (Å²) in [5.74, 6) is 1.44. The van der Waals surface area contributed by atoms with Crippen LogP contribution >= 0.6 is 23.2 Å². The van der Waals surface area contributed by atoms with Gasteiger partial charge in [-0.3, -0.25) is 9.59 Å². The number of anilines is 6. The molecule has 2 heterocycles. The molecule has 0 saturated heterocycles. The van der Waals surface area contributed by atoms with Gasteiger partial charge in [-0.25, -0.2) is 15.0 Å². The number of hydrogen-bond donors (Lipinski definition) is 2. The first-order chi connectivity index (χ1) is 30.7. The minimum atomic E-state index is -0.205. The molecule has 11 nitrogen and oxygen atoms in total. The van der Waals surface area contributed by atoms with Crippen LogP contribution in [-0.2, 0) is 19.1 Å². The van der Waals surface area contributed by atoms with Crippen LogP contribution in [-0.4, -0.2) is 66.3 Å². The molecule has 13 heteroatoms. The minimum Gasteiger partial charge on any atom is -0.469 e. The van der Waals surface area contributed by atoms with Gasteiger partial charge in [-0.05, 0) is 96.9 Å². The van der Waals surface area contributed by atoms with E-state index >= 15 is 0 Å². The van der Waals surface area contributed by atoms with Gasteiger partial charge in [0.25, 0.3) is 0 Å². The van der Waals surface area contributed by atoms with Crippen LogP contribution < -0.4 is 20.4 Å². The third kappa shape index (κ3) is 15.3. The van der Waals surface area contributed by atoms with Gasteiger partial charge in [0.15, 0.2) is 0 Å². The van der Waals surface area contributed by atoms with Gasteiger partial charge in [-0.1, -0.05) is 115 Å². The number of esters is 2. The van der Waals surface area contributed by atoms with Gasteiger partial charge in [0.2, 0.25) is 0 Å². The highest BCUT2D eigenvalue weighted by Gasteiger charge is 2.27. The fourth-order valence-corrected chi connectivity index (χ4v) is 9.11. The molecule has 2 saturated carbocycles. The molecule has 4 aromatic rings. The van der Waals surface area contributed by atoms with Crippen LogP contribution in [0.25, 0.3) is 0 Å². The van der Waals surface area contributed by atoms with Crippen molar-refractivity contribution in [1.29, 1.82) is 0 Å². The number of nitrogens with zero attached hydrogens (tertiary/aromatic N) is 5. The van der Waals surface area contributed by atoms with Crippen molar-refractivity contribution in [3.8, 4) is 0 Å². The summed E-state index contributed by atoms with van der Waals surface area (Å²) in [5.41, 5.74) is 7.46. The average molecular weight is 917 g/mol. The van der Waals surface area contributed by atoms with Crippen molar-refractivity contribution in [2.24, 2.45) is 11.8 Å². The Kier molecular flexibility index (Phi) is 19.8. The second-order valence-corrected chi connectivity index (χ2v) is 19.2. The Hall–Kier alpha value is -4.61. The maximum atomic E-state index is 11.8. The fraction of sp³-hybridized carbons (Fsp3) is 0.549. The lowest BCUT2D eigenvalue weighted by Gasteiger charge is -2.38. The highest BCUT2D eigenvalue weighted by Crippen LogP contribution is 2.39. The van der Waals surface area contributed by atoms with Crippen LogP contribution in [0.1, 0.15) is 142 Å². The van der Waals surface area contributed by atoms with Crippen molar-refractivity contribution < 1.29 is 19.1 Å². The first-order valence-electron chi connectivity index (χ1n) is 23.3. The van der Waals surface area contributed by atoms with Crippen molar-refractivity contribution >= 4 is 69.4 Å². The van der Waals surface area contributed by atoms with E-state index in [0.717, 1.165) is 47.0 Å². The SMILES string of the molecule is COC(=O)CC(C)c1ccc(N(CC(C)C)C2CCCCC2)c(Nc2ccc(Cl)nc2)c1.COC(=O)CC(C)c1ccc(N(CC(C)C)C2CCCCC2)c(Nc2cnc(Cl)cn2)c1. The number of methoxy groups -OCH3 is 2. The van der Waals surface area contributed by atoms with E-state index in [1.54, 1.807) is 24.7 Å². The predicted octanol–water partition coefficient (Wildman–Crippen LogP) is 13.3. The van der Waals surface area contributed by atoms with E-state index < -0.39 is 0 Å². The molecule has 6 rings (SSSR count). The third-order valence-corrected chi connectivity index (χ3v) is 12.7. The second kappa shape index (κ2) is 25.2. The molecule has 0 radical (unpaired) electrons. The van der Waals surface area contributed by atoms with E-state index in [-0.39, 0.29) is 23.8 Å². The van der Waals surface area contributed by atoms with Crippen molar-refractivity contribution in [3.63, 3.8) is 0 Å². The molecule has 2 N–H and O–H groups in total. The maximum absolute atomic E-state index is 11.8. The van der Waals surface area contributed by atoms with Crippen molar-refractivity contribution in [2.75, 3.05) is 47.7 Å². The fourth-order valence-electron chi connectivity index (χ4n) is 8.90. The molecule has 2 fully saturated rings. The molecular formula is C51H71Cl2N7O4. The van der Waals surface area contributed by atoms with Crippen LogP contribution in [0.5, 0.6) is 0 Å². The zero-order valence-corrected chi connectivity index (χ0v) is 40.9. The number of hydrogen-bond acceptors (Lipinski definition) is 11. The molecular weight excluding hydrogens is 846 g/mol. The van der Waals surface area contributed by atoms with E-state index in [1.165, 1.54) is 84.1 Å². The number of aromatic nitrogens is 3. The molecule has 0 aliphatic heterocycles. The summed E-state index contributed by atoms with van der Waals surface area (Å²) >= 11 is 11.9. The summed E-state index contributed by atoms with van der Waals surface area (Å²) in [6, 6.07) is 17.8. The molecule has 2 unspecified atom stereocenters. The minimum absolute atomic E-state index is 0.0431.